The van der Waals surface area contributed by atoms with Crippen molar-refractivity contribution < 1.29 is 0 Å². The predicted molar refractivity (Wildman–Crippen MR) is 56.3 cm³/mol. The highest BCUT2D eigenvalue weighted by Gasteiger charge is 2.39. The summed E-state index contributed by atoms with van der Waals surface area (Å²) >= 11 is 0. The Morgan fingerprint density at radius 2 is 1.85 bits per heavy atom. The summed E-state index contributed by atoms with van der Waals surface area (Å²) in [6, 6.07) is 0. The van der Waals surface area contributed by atoms with Gasteiger partial charge in [-0.25, -0.2) is 0 Å². The zero-order valence-corrected chi connectivity index (χ0v) is 9.22. The second kappa shape index (κ2) is 3.66. The van der Waals surface area contributed by atoms with Crippen LogP contribution in [0.2, 0.25) is 0 Å². The molecule has 1 rings (SSSR count). The first kappa shape index (κ1) is 10.5. The molecule has 0 heterocycles. The van der Waals surface area contributed by atoms with Gasteiger partial charge in [0, 0.05) is 19.1 Å². The third-order valence-corrected chi connectivity index (χ3v) is 3.34. The molecule has 3 nitrogen and oxygen atoms in total. The Labute approximate surface area is 81.2 Å². The molecular formula is C10H21N3. The molecule has 0 amide bonds. The van der Waals surface area contributed by atoms with Gasteiger partial charge in [0.2, 0.25) is 0 Å². The maximum atomic E-state index is 7.53. The summed E-state index contributed by atoms with van der Waals surface area (Å²) in [6.45, 7) is 2.84. The summed E-state index contributed by atoms with van der Waals surface area (Å²) in [6.07, 6.45) is 3.89. The Morgan fingerprint density at radius 3 is 2.08 bits per heavy atom. The van der Waals surface area contributed by atoms with Gasteiger partial charge in [-0.1, -0.05) is 0 Å². The molecule has 0 aromatic rings. The van der Waals surface area contributed by atoms with Crippen LogP contribution in [-0.4, -0.2) is 48.9 Å². The number of hydrogen-bond acceptors (Lipinski definition) is 2. The first-order chi connectivity index (χ1) is 5.98. The van der Waals surface area contributed by atoms with Gasteiger partial charge in [-0.15, -0.1) is 0 Å². The normalized spacial score (nSPS) is 19.8. The Morgan fingerprint density at radius 1 is 1.31 bits per heavy atom. The lowest BCUT2D eigenvalue weighted by molar-refractivity contribution is 0.0428. The molecule has 0 aliphatic heterocycles. The van der Waals surface area contributed by atoms with E-state index >= 15 is 0 Å². The van der Waals surface area contributed by atoms with Crippen molar-refractivity contribution in [2.24, 2.45) is 0 Å². The van der Waals surface area contributed by atoms with Gasteiger partial charge < -0.3 is 9.80 Å². The van der Waals surface area contributed by atoms with E-state index in [4.69, 9.17) is 5.41 Å². The zero-order chi connectivity index (χ0) is 10.1. The van der Waals surface area contributed by atoms with E-state index in [1.807, 2.05) is 18.9 Å². The van der Waals surface area contributed by atoms with Gasteiger partial charge in [0.1, 0.15) is 0 Å². The van der Waals surface area contributed by atoms with Crippen LogP contribution in [0.5, 0.6) is 0 Å². The molecule has 1 N–H and O–H groups in total. The summed E-state index contributed by atoms with van der Waals surface area (Å²) in [4.78, 5) is 4.36. The zero-order valence-electron chi connectivity index (χ0n) is 9.22. The van der Waals surface area contributed by atoms with Crippen LogP contribution in [-0.2, 0) is 0 Å². The molecule has 0 radical (unpaired) electrons. The molecule has 3 heteroatoms. The summed E-state index contributed by atoms with van der Waals surface area (Å²) in [5.41, 5.74) is 0.344. The standard InChI is InChI=1S/C10H21N3/c1-9(11)13(4)8-10(12(2)3)6-5-7-10/h11H,5-8H2,1-4H3. The minimum atomic E-state index is 0.344. The van der Waals surface area contributed by atoms with Crippen LogP contribution < -0.4 is 0 Å². The molecule has 0 aromatic heterocycles. The molecule has 0 saturated heterocycles. The predicted octanol–water partition coefficient (Wildman–Crippen LogP) is 1.40. The van der Waals surface area contributed by atoms with Crippen molar-refractivity contribution in [2.45, 2.75) is 31.7 Å². The van der Waals surface area contributed by atoms with Crippen LogP contribution in [0, 0.1) is 5.41 Å². The topological polar surface area (TPSA) is 30.3 Å². The maximum Gasteiger partial charge on any atom is 0.0923 e. The van der Waals surface area contributed by atoms with Crippen LogP contribution >= 0.6 is 0 Å². The molecule has 0 bridgehead atoms. The van der Waals surface area contributed by atoms with Crippen molar-refractivity contribution in [3.8, 4) is 0 Å². The molecule has 1 fully saturated rings. The van der Waals surface area contributed by atoms with E-state index in [0.717, 1.165) is 6.54 Å². The van der Waals surface area contributed by atoms with E-state index < -0.39 is 0 Å². The monoisotopic (exact) mass is 183 g/mol. The molecule has 0 spiro atoms. The first-order valence-corrected chi connectivity index (χ1v) is 4.92. The van der Waals surface area contributed by atoms with Crippen LogP contribution in [0.3, 0.4) is 0 Å². The Bertz CT molecular complexity index is 194. The molecule has 1 aliphatic rings. The highest BCUT2D eigenvalue weighted by atomic mass is 15.2. The van der Waals surface area contributed by atoms with Crippen molar-refractivity contribution in [3.63, 3.8) is 0 Å². The summed E-state index contributed by atoms with van der Waals surface area (Å²) < 4.78 is 0. The fourth-order valence-corrected chi connectivity index (χ4v) is 1.89. The second-order valence-corrected chi connectivity index (χ2v) is 4.41. The third-order valence-electron chi connectivity index (χ3n) is 3.34. The van der Waals surface area contributed by atoms with Crippen molar-refractivity contribution in [3.05, 3.63) is 0 Å². The van der Waals surface area contributed by atoms with Gasteiger partial charge in [0.05, 0.1) is 5.84 Å². The highest BCUT2D eigenvalue weighted by molar-refractivity contribution is 5.76. The average Bonchev–Trinajstić information content (AvgIpc) is 1.95. The van der Waals surface area contributed by atoms with E-state index in [0.29, 0.717) is 11.4 Å². The van der Waals surface area contributed by atoms with Crippen LogP contribution in [0.1, 0.15) is 26.2 Å². The lowest BCUT2D eigenvalue weighted by Crippen LogP contribution is -2.57. The van der Waals surface area contributed by atoms with Crippen molar-refractivity contribution in [1.82, 2.24) is 9.80 Å². The lowest BCUT2D eigenvalue weighted by Gasteiger charge is -2.49. The summed E-state index contributed by atoms with van der Waals surface area (Å²) in [5.74, 6) is 0.660. The highest BCUT2D eigenvalue weighted by Crippen LogP contribution is 2.36. The van der Waals surface area contributed by atoms with E-state index in [1.165, 1.54) is 19.3 Å². The Balaban J connectivity index is 2.54. The van der Waals surface area contributed by atoms with E-state index in [-0.39, 0.29) is 0 Å². The van der Waals surface area contributed by atoms with E-state index in [1.54, 1.807) is 0 Å². The molecule has 1 saturated carbocycles. The second-order valence-electron chi connectivity index (χ2n) is 4.41. The third kappa shape index (κ3) is 2.02. The fraction of sp³-hybridized carbons (Fsp3) is 0.900. The number of rotatable bonds is 3. The Hall–Kier alpha value is -0.570. The van der Waals surface area contributed by atoms with Crippen molar-refractivity contribution in [1.29, 1.82) is 5.41 Å². The smallest absolute Gasteiger partial charge is 0.0923 e. The summed E-state index contributed by atoms with van der Waals surface area (Å²) in [5, 5.41) is 7.53. The van der Waals surface area contributed by atoms with Crippen LogP contribution in [0.15, 0.2) is 0 Å². The minimum absolute atomic E-state index is 0.344. The molecule has 1 aliphatic carbocycles. The van der Waals surface area contributed by atoms with Gasteiger partial charge in [-0.2, -0.15) is 0 Å². The van der Waals surface area contributed by atoms with Gasteiger partial charge in [-0.3, -0.25) is 5.41 Å². The maximum absolute atomic E-state index is 7.53. The van der Waals surface area contributed by atoms with Crippen molar-refractivity contribution in [2.75, 3.05) is 27.7 Å². The molecule has 0 aromatic carbocycles. The molecule has 13 heavy (non-hydrogen) atoms. The molecule has 0 atom stereocenters. The van der Waals surface area contributed by atoms with Gasteiger partial charge in [0.25, 0.3) is 0 Å². The minimum Gasteiger partial charge on any atom is -0.362 e. The quantitative estimate of drug-likeness (QED) is 0.529. The largest absolute Gasteiger partial charge is 0.362 e. The molecule has 0 unspecified atom stereocenters. The van der Waals surface area contributed by atoms with Gasteiger partial charge in [0.15, 0.2) is 0 Å². The fourth-order valence-electron chi connectivity index (χ4n) is 1.89. The van der Waals surface area contributed by atoms with Crippen LogP contribution in [0.4, 0.5) is 0 Å². The van der Waals surface area contributed by atoms with E-state index in [2.05, 4.69) is 19.0 Å². The van der Waals surface area contributed by atoms with Crippen molar-refractivity contribution >= 4 is 5.84 Å². The number of nitrogens with zero attached hydrogens (tertiary/aromatic N) is 2. The molecular weight excluding hydrogens is 162 g/mol. The summed E-state index contributed by atoms with van der Waals surface area (Å²) in [7, 11) is 6.30. The Kier molecular flexibility index (Phi) is 2.96. The number of nitrogens with one attached hydrogen (secondary N) is 1. The molecule has 76 valence electrons. The number of hydrogen-bond donors (Lipinski definition) is 1. The SMILES string of the molecule is CC(=N)N(C)CC1(N(C)C)CCC1. The van der Waals surface area contributed by atoms with Gasteiger partial charge >= 0.3 is 0 Å². The lowest BCUT2D eigenvalue weighted by atomic mass is 9.75. The number of amidine groups is 1. The van der Waals surface area contributed by atoms with E-state index in [9.17, 15) is 0 Å². The first-order valence-electron chi connectivity index (χ1n) is 4.92. The number of likely N-dealkylation sites (N-methyl/N-ethyl adjacent to an activating group) is 2. The average molecular weight is 183 g/mol. The van der Waals surface area contributed by atoms with Crippen LogP contribution in [0.25, 0.3) is 0 Å². The van der Waals surface area contributed by atoms with Gasteiger partial charge in [-0.05, 0) is 40.3 Å².